The standard InChI is InChI=1S/C12H11ClN2S/c1-7-4-5-16-11(7)9-6-10(13)15-12(14-9)8-2-3-8/h4-6,8H,2-3H2,1H3. The Labute approximate surface area is 103 Å². The van der Waals surface area contributed by atoms with E-state index in [0.717, 1.165) is 11.5 Å². The first-order valence-corrected chi connectivity index (χ1v) is 6.59. The number of hydrogen-bond donors (Lipinski definition) is 0. The summed E-state index contributed by atoms with van der Waals surface area (Å²) in [4.78, 5) is 10.1. The zero-order valence-electron chi connectivity index (χ0n) is 8.90. The Morgan fingerprint density at radius 2 is 2.19 bits per heavy atom. The maximum atomic E-state index is 6.04. The molecule has 1 aliphatic carbocycles. The van der Waals surface area contributed by atoms with Crippen molar-refractivity contribution in [2.24, 2.45) is 0 Å². The summed E-state index contributed by atoms with van der Waals surface area (Å²) >= 11 is 7.75. The zero-order chi connectivity index (χ0) is 11.1. The average molecular weight is 251 g/mol. The predicted molar refractivity (Wildman–Crippen MR) is 67.1 cm³/mol. The van der Waals surface area contributed by atoms with Crippen molar-refractivity contribution in [1.29, 1.82) is 0 Å². The molecular formula is C12H11ClN2S. The van der Waals surface area contributed by atoms with Gasteiger partial charge in [0.2, 0.25) is 0 Å². The topological polar surface area (TPSA) is 25.8 Å². The van der Waals surface area contributed by atoms with Crippen molar-refractivity contribution < 1.29 is 0 Å². The number of hydrogen-bond acceptors (Lipinski definition) is 3. The molecule has 1 aliphatic rings. The van der Waals surface area contributed by atoms with Crippen molar-refractivity contribution in [3.63, 3.8) is 0 Å². The predicted octanol–water partition coefficient (Wildman–Crippen LogP) is 4.04. The molecule has 0 spiro atoms. The third-order valence-electron chi connectivity index (χ3n) is 2.75. The van der Waals surface area contributed by atoms with Gasteiger partial charge in [-0.25, -0.2) is 9.97 Å². The van der Waals surface area contributed by atoms with E-state index in [-0.39, 0.29) is 0 Å². The second kappa shape index (κ2) is 3.82. The summed E-state index contributed by atoms with van der Waals surface area (Å²) in [6.07, 6.45) is 2.40. The van der Waals surface area contributed by atoms with E-state index in [0.29, 0.717) is 11.1 Å². The minimum Gasteiger partial charge on any atom is -0.232 e. The van der Waals surface area contributed by atoms with Gasteiger partial charge in [-0.05, 0) is 36.8 Å². The summed E-state index contributed by atoms with van der Waals surface area (Å²) < 4.78 is 0. The van der Waals surface area contributed by atoms with Crippen LogP contribution in [0.5, 0.6) is 0 Å². The van der Waals surface area contributed by atoms with E-state index >= 15 is 0 Å². The molecule has 2 aromatic rings. The van der Waals surface area contributed by atoms with E-state index in [4.69, 9.17) is 11.6 Å². The molecule has 0 unspecified atom stereocenters. The van der Waals surface area contributed by atoms with Crippen LogP contribution in [-0.4, -0.2) is 9.97 Å². The smallest absolute Gasteiger partial charge is 0.133 e. The summed E-state index contributed by atoms with van der Waals surface area (Å²) in [7, 11) is 0. The van der Waals surface area contributed by atoms with Crippen molar-refractivity contribution in [3.8, 4) is 10.6 Å². The van der Waals surface area contributed by atoms with Crippen molar-refractivity contribution in [3.05, 3.63) is 34.1 Å². The Balaban J connectivity index is 2.10. The summed E-state index contributed by atoms with van der Waals surface area (Å²) in [5.74, 6) is 1.45. The van der Waals surface area contributed by atoms with Crippen LogP contribution in [0.4, 0.5) is 0 Å². The Bertz CT molecular complexity index is 532. The summed E-state index contributed by atoms with van der Waals surface area (Å²) in [5.41, 5.74) is 2.22. The molecule has 2 heterocycles. The highest BCUT2D eigenvalue weighted by Crippen LogP contribution is 2.39. The van der Waals surface area contributed by atoms with Crippen molar-refractivity contribution >= 4 is 22.9 Å². The molecule has 0 radical (unpaired) electrons. The Hall–Kier alpha value is -0.930. The van der Waals surface area contributed by atoms with Crippen molar-refractivity contribution in [1.82, 2.24) is 9.97 Å². The molecule has 0 aromatic carbocycles. The first-order valence-electron chi connectivity index (χ1n) is 5.33. The van der Waals surface area contributed by atoms with Gasteiger partial charge in [0, 0.05) is 12.0 Å². The van der Waals surface area contributed by atoms with Crippen LogP contribution in [0, 0.1) is 6.92 Å². The fourth-order valence-corrected chi connectivity index (χ4v) is 2.79. The monoisotopic (exact) mass is 250 g/mol. The molecule has 1 fully saturated rings. The molecule has 82 valence electrons. The lowest BCUT2D eigenvalue weighted by Crippen LogP contribution is -1.95. The molecule has 0 atom stereocenters. The largest absolute Gasteiger partial charge is 0.232 e. The second-order valence-corrected chi connectivity index (χ2v) is 5.44. The van der Waals surface area contributed by atoms with Crippen molar-refractivity contribution in [2.75, 3.05) is 0 Å². The molecular weight excluding hydrogens is 240 g/mol. The quantitative estimate of drug-likeness (QED) is 0.752. The number of aromatic nitrogens is 2. The van der Waals surface area contributed by atoms with Crippen LogP contribution in [0.3, 0.4) is 0 Å². The molecule has 0 N–H and O–H groups in total. The molecule has 16 heavy (non-hydrogen) atoms. The summed E-state index contributed by atoms with van der Waals surface area (Å²) in [5, 5.41) is 2.64. The fraction of sp³-hybridized carbons (Fsp3) is 0.333. The number of rotatable bonds is 2. The average Bonchev–Trinajstić information content (AvgIpc) is 3.01. The highest BCUT2D eigenvalue weighted by molar-refractivity contribution is 7.13. The normalized spacial score (nSPS) is 15.4. The first-order chi connectivity index (χ1) is 7.74. The van der Waals surface area contributed by atoms with E-state index in [9.17, 15) is 0 Å². The zero-order valence-corrected chi connectivity index (χ0v) is 10.5. The molecule has 1 saturated carbocycles. The van der Waals surface area contributed by atoms with Crippen LogP contribution in [0.25, 0.3) is 10.6 Å². The number of halogens is 1. The van der Waals surface area contributed by atoms with Crippen molar-refractivity contribution in [2.45, 2.75) is 25.7 Å². The van der Waals surface area contributed by atoms with Gasteiger partial charge < -0.3 is 0 Å². The van der Waals surface area contributed by atoms with Gasteiger partial charge in [0.25, 0.3) is 0 Å². The SMILES string of the molecule is Cc1ccsc1-c1cc(Cl)nc(C2CC2)n1. The van der Waals surface area contributed by atoms with Gasteiger partial charge in [0.05, 0.1) is 10.6 Å². The number of thiophene rings is 1. The molecule has 0 bridgehead atoms. The van der Waals surface area contributed by atoms with E-state index < -0.39 is 0 Å². The minimum atomic E-state index is 0.540. The molecule has 4 heteroatoms. The Kier molecular flexibility index (Phi) is 2.45. The third kappa shape index (κ3) is 1.85. The van der Waals surface area contributed by atoms with Crippen LogP contribution in [-0.2, 0) is 0 Å². The molecule has 3 rings (SSSR count). The molecule has 0 aliphatic heterocycles. The van der Waals surface area contributed by atoms with Crippen LogP contribution in [0.1, 0.15) is 30.1 Å². The number of nitrogens with zero attached hydrogens (tertiary/aromatic N) is 2. The molecule has 0 saturated heterocycles. The van der Waals surface area contributed by atoms with E-state index in [1.165, 1.54) is 23.3 Å². The van der Waals surface area contributed by atoms with Gasteiger partial charge in [0.1, 0.15) is 11.0 Å². The minimum absolute atomic E-state index is 0.540. The maximum absolute atomic E-state index is 6.04. The van der Waals surface area contributed by atoms with Gasteiger partial charge in [0.15, 0.2) is 0 Å². The summed E-state index contributed by atoms with van der Waals surface area (Å²) in [6, 6.07) is 3.96. The van der Waals surface area contributed by atoms with Gasteiger partial charge in [-0.15, -0.1) is 11.3 Å². The van der Waals surface area contributed by atoms with E-state index in [1.807, 2.05) is 6.07 Å². The van der Waals surface area contributed by atoms with Gasteiger partial charge >= 0.3 is 0 Å². The Morgan fingerprint density at radius 1 is 1.38 bits per heavy atom. The second-order valence-electron chi connectivity index (χ2n) is 4.14. The lowest BCUT2D eigenvalue weighted by Gasteiger charge is -2.03. The summed E-state index contributed by atoms with van der Waals surface area (Å²) in [6.45, 7) is 2.10. The first kappa shape index (κ1) is 10.2. The van der Waals surface area contributed by atoms with Gasteiger partial charge in [-0.2, -0.15) is 0 Å². The highest BCUT2D eigenvalue weighted by atomic mass is 35.5. The lowest BCUT2D eigenvalue weighted by atomic mass is 10.2. The van der Waals surface area contributed by atoms with Gasteiger partial charge in [-0.3, -0.25) is 0 Å². The van der Waals surface area contributed by atoms with Crippen LogP contribution in [0.15, 0.2) is 17.5 Å². The maximum Gasteiger partial charge on any atom is 0.133 e. The fourth-order valence-electron chi connectivity index (χ4n) is 1.71. The molecule has 2 nitrogen and oxygen atoms in total. The highest BCUT2D eigenvalue weighted by Gasteiger charge is 2.27. The Morgan fingerprint density at radius 3 is 2.81 bits per heavy atom. The van der Waals surface area contributed by atoms with E-state index in [2.05, 4.69) is 28.3 Å². The van der Waals surface area contributed by atoms with Crippen LogP contribution < -0.4 is 0 Å². The van der Waals surface area contributed by atoms with E-state index in [1.54, 1.807) is 11.3 Å². The third-order valence-corrected chi connectivity index (χ3v) is 3.98. The molecule has 0 amide bonds. The van der Waals surface area contributed by atoms with Gasteiger partial charge in [-0.1, -0.05) is 11.6 Å². The molecule has 2 aromatic heterocycles. The van der Waals surface area contributed by atoms with Crippen LogP contribution in [0.2, 0.25) is 5.15 Å². The van der Waals surface area contributed by atoms with Crippen LogP contribution >= 0.6 is 22.9 Å². The lowest BCUT2D eigenvalue weighted by molar-refractivity contribution is 0.931. The number of aryl methyl sites for hydroxylation is 1.